The summed E-state index contributed by atoms with van der Waals surface area (Å²) in [5.74, 6) is -1.29. The lowest BCUT2D eigenvalue weighted by molar-refractivity contribution is -0.132. The fourth-order valence-electron chi connectivity index (χ4n) is 3.17. The van der Waals surface area contributed by atoms with E-state index in [0.717, 1.165) is 15.6 Å². The van der Waals surface area contributed by atoms with Gasteiger partial charge in [-0.1, -0.05) is 23.9 Å². The molecule has 3 rings (SSSR count). The fourth-order valence-corrected chi connectivity index (χ4v) is 4.97. The molecule has 2 amide bonds. The van der Waals surface area contributed by atoms with Gasteiger partial charge in [-0.2, -0.15) is 8.42 Å². The van der Waals surface area contributed by atoms with Gasteiger partial charge < -0.3 is 10.6 Å². The maximum atomic E-state index is 12.4. The largest absolute Gasteiger partial charge is 0.399 e. The van der Waals surface area contributed by atoms with E-state index in [1.165, 1.54) is 41.7 Å². The first kappa shape index (κ1) is 24.0. The summed E-state index contributed by atoms with van der Waals surface area (Å²) in [4.78, 5) is 30.0. The van der Waals surface area contributed by atoms with Gasteiger partial charge in [-0.15, -0.1) is 0 Å². The number of anilines is 2. The number of benzene rings is 1. The van der Waals surface area contributed by atoms with Crippen LogP contribution in [0.5, 0.6) is 0 Å². The molecular formula is C20H22N4O5S3. The Labute approximate surface area is 196 Å². The van der Waals surface area contributed by atoms with Crippen molar-refractivity contribution >= 4 is 62.4 Å². The Morgan fingerprint density at radius 3 is 2.38 bits per heavy atom. The first-order valence-electron chi connectivity index (χ1n) is 9.48. The maximum Gasteiger partial charge on any atom is 0.265 e. The zero-order valence-electron chi connectivity index (χ0n) is 17.4. The standard InChI is InChI=1S/C20H22N4O5S3/c1-22-18(25)14(19(26)23(2)20(22)30)6-3-4-7-17-24(10-5-11-32(27,28)29)15-9-8-13(21)12-16(15)31-17/h3-4,6-9,12H,5,10-11,21H2,1-2H3,(H,27,28,29)/b4-3+,17-7-. The number of nitrogens with zero attached hydrogens (tertiary/aromatic N) is 3. The summed E-state index contributed by atoms with van der Waals surface area (Å²) in [7, 11) is -1.03. The summed E-state index contributed by atoms with van der Waals surface area (Å²) in [6.45, 7) is 0.370. The molecule has 1 aromatic rings. The van der Waals surface area contributed by atoms with Crippen LogP contribution < -0.4 is 10.6 Å². The number of rotatable bonds is 6. The third-order valence-electron chi connectivity index (χ3n) is 4.80. The second kappa shape index (κ2) is 9.45. The average molecular weight is 495 g/mol. The van der Waals surface area contributed by atoms with Crippen LogP contribution in [0, 0.1) is 0 Å². The highest BCUT2D eigenvalue weighted by Crippen LogP contribution is 2.46. The molecule has 1 aromatic carbocycles. The SMILES string of the molecule is CN1C(=O)C(=C/C=C/C=C2\Sc3cc(N)ccc3N2CCCS(=O)(=O)O)C(=O)N(C)C1=S. The molecule has 2 aliphatic heterocycles. The van der Waals surface area contributed by atoms with Crippen molar-refractivity contribution in [2.24, 2.45) is 0 Å². The smallest absolute Gasteiger partial charge is 0.265 e. The summed E-state index contributed by atoms with van der Waals surface area (Å²) in [6.07, 6.45) is 6.73. The Kier molecular flexibility index (Phi) is 7.08. The number of amides is 2. The number of likely N-dealkylation sites (N-methyl/N-ethyl adjacent to an activating group) is 2. The number of allylic oxidation sites excluding steroid dienone is 4. The van der Waals surface area contributed by atoms with Crippen LogP contribution in [0.15, 0.2) is 58.0 Å². The lowest BCUT2D eigenvalue weighted by atomic mass is 10.1. The number of thioether (sulfide) groups is 1. The molecule has 9 nitrogen and oxygen atoms in total. The molecule has 3 N–H and O–H groups in total. The molecule has 0 bridgehead atoms. The molecule has 0 unspecified atom stereocenters. The maximum absolute atomic E-state index is 12.4. The molecule has 2 aliphatic rings. The predicted octanol–water partition coefficient (Wildman–Crippen LogP) is 2.00. The van der Waals surface area contributed by atoms with Gasteiger partial charge in [-0.25, -0.2) is 0 Å². The zero-order valence-corrected chi connectivity index (χ0v) is 19.8. The van der Waals surface area contributed by atoms with E-state index in [1.54, 1.807) is 24.3 Å². The number of fused-ring (bicyclic) bond motifs is 1. The summed E-state index contributed by atoms with van der Waals surface area (Å²) in [5.41, 5.74) is 7.36. The minimum Gasteiger partial charge on any atom is -0.399 e. The van der Waals surface area contributed by atoms with Crippen molar-refractivity contribution in [3.8, 4) is 0 Å². The number of thiocarbonyl (C=S) groups is 1. The number of carbonyl (C=O) groups excluding carboxylic acids is 2. The summed E-state index contributed by atoms with van der Waals surface area (Å²) >= 11 is 6.53. The van der Waals surface area contributed by atoms with Gasteiger partial charge in [0, 0.05) is 31.2 Å². The van der Waals surface area contributed by atoms with Gasteiger partial charge in [0.05, 0.1) is 16.5 Å². The summed E-state index contributed by atoms with van der Waals surface area (Å²) in [6, 6.07) is 5.44. The van der Waals surface area contributed by atoms with E-state index in [2.05, 4.69) is 0 Å². The van der Waals surface area contributed by atoms with Crippen LogP contribution in [0.4, 0.5) is 11.4 Å². The van der Waals surface area contributed by atoms with Crippen LogP contribution in [-0.2, 0) is 19.7 Å². The number of hydrogen-bond acceptors (Lipinski definition) is 8. The molecule has 1 fully saturated rings. The van der Waals surface area contributed by atoms with Crippen LogP contribution in [0.25, 0.3) is 0 Å². The molecule has 0 spiro atoms. The van der Waals surface area contributed by atoms with Gasteiger partial charge in [0.2, 0.25) is 0 Å². The molecule has 0 saturated carbocycles. The Morgan fingerprint density at radius 2 is 1.75 bits per heavy atom. The molecule has 12 heteroatoms. The number of hydrogen-bond donors (Lipinski definition) is 2. The van der Waals surface area contributed by atoms with Crippen molar-refractivity contribution in [1.29, 1.82) is 0 Å². The molecule has 1 saturated heterocycles. The van der Waals surface area contributed by atoms with Crippen molar-refractivity contribution in [3.63, 3.8) is 0 Å². The van der Waals surface area contributed by atoms with Crippen molar-refractivity contribution in [3.05, 3.63) is 53.1 Å². The Bertz CT molecular complexity index is 1150. The number of nitrogens with two attached hydrogens (primary N) is 1. The molecule has 32 heavy (non-hydrogen) atoms. The Morgan fingerprint density at radius 1 is 1.12 bits per heavy atom. The fraction of sp³-hybridized carbons (Fsp3) is 0.250. The van der Waals surface area contributed by atoms with Crippen molar-refractivity contribution in [2.45, 2.75) is 11.3 Å². The zero-order chi connectivity index (χ0) is 23.6. The monoisotopic (exact) mass is 494 g/mol. The quantitative estimate of drug-likeness (QED) is 0.201. The van der Waals surface area contributed by atoms with Gasteiger partial charge in [0.1, 0.15) is 5.57 Å². The van der Waals surface area contributed by atoms with Gasteiger partial charge in [-0.05, 0) is 49.0 Å². The predicted molar refractivity (Wildman–Crippen MR) is 129 cm³/mol. The van der Waals surface area contributed by atoms with Gasteiger partial charge in [0.15, 0.2) is 5.11 Å². The summed E-state index contributed by atoms with van der Waals surface area (Å²) < 4.78 is 31.2. The van der Waals surface area contributed by atoms with Crippen LogP contribution >= 0.6 is 24.0 Å². The van der Waals surface area contributed by atoms with Crippen molar-refractivity contribution < 1.29 is 22.6 Å². The topological polar surface area (TPSA) is 124 Å². The van der Waals surface area contributed by atoms with Crippen molar-refractivity contribution in [1.82, 2.24) is 9.80 Å². The minimum absolute atomic E-state index is 0.00149. The first-order valence-corrected chi connectivity index (χ1v) is 12.3. The van der Waals surface area contributed by atoms with E-state index in [9.17, 15) is 18.0 Å². The minimum atomic E-state index is -4.05. The third kappa shape index (κ3) is 5.21. The third-order valence-corrected chi connectivity index (χ3v) is 7.26. The van der Waals surface area contributed by atoms with E-state index in [0.29, 0.717) is 12.2 Å². The molecule has 0 radical (unpaired) electrons. The second-order valence-corrected chi connectivity index (χ2v) is 10.1. The molecule has 170 valence electrons. The van der Waals surface area contributed by atoms with Gasteiger partial charge in [-0.3, -0.25) is 23.9 Å². The molecule has 2 heterocycles. The highest BCUT2D eigenvalue weighted by atomic mass is 32.2. The normalized spacial score (nSPS) is 18.3. The molecular weight excluding hydrogens is 472 g/mol. The lowest BCUT2D eigenvalue weighted by Gasteiger charge is -2.31. The first-order chi connectivity index (χ1) is 15.0. The summed E-state index contributed by atoms with van der Waals surface area (Å²) in [5, 5.41) is 0.954. The van der Waals surface area contributed by atoms with E-state index < -0.39 is 21.9 Å². The van der Waals surface area contributed by atoms with E-state index in [-0.39, 0.29) is 22.9 Å². The van der Waals surface area contributed by atoms with Crippen molar-refractivity contribution in [2.75, 3.05) is 37.0 Å². The van der Waals surface area contributed by atoms with Crippen LogP contribution in [-0.4, -0.2) is 66.1 Å². The van der Waals surface area contributed by atoms with Gasteiger partial charge >= 0.3 is 0 Å². The number of carbonyl (C=O) groups is 2. The van der Waals surface area contributed by atoms with E-state index >= 15 is 0 Å². The average Bonchev–Trinajstić information content (AvgIpc) is 3.05. The molecule has 0 aliphatic carbocycles. The van der Waals surface area contributed by atoms with E-state index in [1.807, 2.05) is 17.0 Å². The Hall–Kier alpha value is -2.67. The highest BCUT2D eigenvalue weighted by molar-refractivity contribution is 8.03. The molecule has 0 aromatic heterocycles. The van der Waals surface area contributed by atoms with Crippen LogP contribution in [0.3, 0.4) is 0 Å². The highest BCUT2D eigenvalue weighted by Gasteiger charge is 2.34. The molecule has 0 atom stereocenters. The van der Waals surface area contributed by atoms with Crippen LogP contribution in [0.2, 0.25) is 0 Å². The second-order valence-electron chi connectivity index (χ2n) is 7.10. The number of nitrogen functional groups attached to an aromatic ring is 1. The van der Waals surface area contributed by atoms with Crippen LogP contribution in [0.1, 0.15) is 6.42 Å². The van der Waals surface area contributed by atoms with Gasteiger partial charge in [0.25, 0.3) is 21.9 Å². The van der Waals surface area contributed by atoms with E-state index in [4.69, 9.17) is 22.5 Å². The Balaban J connectivity index is 1.81. The lowest BCUT2D eigenvalue weighted by Crippen LogP contribution is -2.52.